The number of benzene rings is 2. The quantitative estimate of drug-likeness (QED) is 0.718. The molecule has 2 heterocycles. The van der Waals surface area contributed by atoms with Gasteiger partial charge in [0.05, 0.1) is 16.3 Å². The van der Waals surface area contributed by atoms with E-state index in [2.05, 4.69) is 5.32 Å². The number of carbonyl (C=O) groups is 2. The van der Waals surface area contributed by atoms with Crippen molar-refractivity contribution >= 4 is 45.0 Å². The van der Waals surface area contributed by atoms with Crippen LogP contribution in [0.2, 0.25) is 0 Å². The molecule has 0 bridgehead atoms. The molecule has 2 aliphatic rings. The summed E-state index contributed by atoms with van der Waals surface area (Å²) in [6.45, 7) is 4.75. The molecule has 0 atom stereocenters. The number of fused-ring (bicyclic) bond motifs is 1. The van der Waals surface area contributed by atoms with E-state index < -0.39 is 10.0 Å². The first-order valence-corrected chi connectivity index (χ1v) is 13.1. The number of thioether (sulfide) groups is 1. The van der Waals surface area contributed by atoms with Crippen LogP contribution in [0, 0.1) is 13.8 Å². The molecule has 2 aromatic rings. The zero-order valence-corrected chi connectivity index (χ0v) is 19.9. The predicted molar refractivity (Wildman–Crippen MR) is 127 cm³/mol. The van der Waals surface area contributed by atoms with Gasteiger partial charge < -0.3 is 10.2 Å². The third kappa shape index (κ3) is 4.84. The van der Waals surface area contributed by atoms with E-state index in [1.54, 1.807) is 12.1 Å². The van der Waals surface area contributed by atoms with Crippen LogP contribution >= 0.6 is 11.8 Å². The van der Waals surface area contributed by atoms with Crippen LogP contribution in [0.25, 0.3) is 0 Å². The van der Waals surface area contributed by atoms with Gasteiger partial charge in [0.2, 0.25) is 21.8 Å². The van der Waals surface area contributed by atoms with E-state index in [4.69, 9.17) is 0 Å². The largest absolute Gasteiger partial charge is 0.325 e. The summed E-state index contributed by atoms with van der Waals surface area (Å²) in [5.41, 5.74) is 3.21. The van der Waals surface area contributed by atoms with Gasteiger partial charge in [0.25, 0.3) is 0 Å². The van der Waals surface area contributed by atoms with Crippen molar-refractivity contribution < 1.29 is 18.0 Å². The van der Waals surface area contributed by atoms with E-state index in [0.29, 0.717) is 24.5 Å². The van der Waals surface area contributed by atoms with Gasteiger partial charge in [-0.05, 0) is 68.1 Å². The molecule has 7 nitrogen and oxygen atoms in total. The summed E-state index contributed by atoms with van der Waals surface area (Å²) in [4.78, 5) is 27.8. The zero-order valence-electron chi connectivity index (χ0n) is 18.3. The molecule has 4 rings (SSSR count). The molecular weight excluding hydrogens is 446 g/mol. The number of anilines is 2. The number of hydrogen-bond acceptors (Lipinski definition) is 5. The predicted octanol–water partition coefficient (Wildman–Crippen LogP) is 3.56. The van der Waals surface area contributed by atoms with Gasteiger partial charge in [0, 0.05) is 23.7 Å². The number of nitrogens with zero attached hydrogens (tertiary/aromatic N) is 2. The lowest BCUT2D eigenvalue weighted by Gasteiger charge is -2.30. The topological polar surface area (TPSA) is 86.8 Å². The third-order valence-electron chi connectivity index (χ3n) is 5.63. The van der Waals surface area contributed by atoms with Gasteiger partial charge >= 0.3 is 0 Å². The molecule has 0 radical (unpaired) electrons. The minimum atomic E-state index is -3.64. The molecule has 0 spiro atoms. The van der Waals surface area contributed by atoms with Crippen molar-refractivity contribution in [2.45, 2.75) is 42.9 Å². The molecule has 2 aromatic carbocycles. The van der Waals surface area contributed by atoms with Gasteiger partial charge in [-0.2, -0.15) is 4.31 Å². The maximum atomic E-state index is 13.1. The maximum Gasteiger partial charge on any atom is 0.244 e. The molecule has 1 saturated heterocycles. The molecule has 0 unspecified atom stereocenters. The van der Waals surface area contributed by atoms with Crippen molar-refractivity contribution in [3.63, 3.8) is 0 Å². The van der Waals surface area contributed by atoms with Gasteiger partial charge in [-0.3, -0.25) is 9.59 Å². The molecule has 0 saturated carbocycles. The second kappa shape index (κ2) is 9.25. The Labute approximate surface area is 193 Å². The highest BCUT2D eigenvalue weighted by Gasteiger charge is 2.31. The molecule has 32 heavy (non-hydrogen) atoms. The van der Waals surface area contributed by atoms with Crippen LogP contribution in [0.3, 0.4) is 0 Å². The Morgan fingerprint density at radius 3 is 2.41 bits per heavy atom. The number of sulfonamides is 1. The number of amides is 2. The Morgan fingerprint density at radius 2 is 1.72 bits per heavy atom. The van der Waals surface area contributed by atoms with Gasteiger partial charge in [-0.1, -0.05) is 12.5 Å². The van der Waals surface area contributed by atoms with Crippen molar-refractivity contribution in [1.29, 1.82) is 0 Å². The smallest absolute Gasteiger partial charge is 0.244 e. The summed E-state index contributed by atoms with van der Waals surface area (Å²) < 4.78 is 27.8. The normalized spacial score (nSPS) is 17.2. The van der Waals surface area contributed by atoms with Gasteiger partial charge in [0.15, 0.2) is 0 Å². The highest BCUT2D eigenvalue weighted by molar-refractivity contribution is 8.00. The maximum absolute atomic E-state index is 13.1. The van der Waals surface area contributed by atoms with Crippen molar-refractivity contribution in [2.24, 2.45) is 0 Å². The number of rotatable bonds is 5. The second-order valence-corrected chi connectivity index (χ2v) is 11.2. The minimum Gasteiger partial charge on any atom is -0.325 e. The van der Waals surface area contributed by atoms with Crippen molar-refractivity contribution in [2.75, 3.05) is 35.6 Å². The molecule has 2 aliphatic heterocycles. The standard InChI is InChI=1S/C23H27N3O4S2/c1-16-10-17(2)12-18(11-16)24-22(27)14-26-20-13-19(6-7-21(20)31-15-23(26)28)32(29,30)25-8-4-3-5-9-25/h6-7,10-13H,3-5,8-9,14-15H2,1-2H3,(H,24,27). The van der Waals surface area contributed by atoms with Crippen LogP contribution in [-0.2, 0) is 19.6 Å². The van der Waals surface area contributed by atoms with Gasteiger partial charge in [-0.15, -0.1) is 11.8 Å². The number of piperidine rings is 1. The van der Waals surface area contributed by atoms with Crippen LogP contribution < -0.4 is 10.2 Å². The number of carbonyl (C=O) groups excluding carboxylic acids is 2. The summed E-state index contributed by atoms with van der Waals surface area (Å²) in [6.07, 6.45) is 2.73. The van der Waals surface area contributed by atoms with Gasteiger partial charge in [0.1, 0.15) is 6.54 Å². The fourth-order valence-electron chi connectivity index (χ4n) is 4.16. The van der Waals surface area contributed by atoms with E-state index in [1.165, 1.54) is 27.0 Å². The lowest BCUT2D eigenvalue weighted by atomic mass is 10.1. The number of hydrogen-bond donors (Lipinski definition) is 1. The lowest BCUT2D eigenvalue weighted by molar-refractivity contribution is -0.120. The van der Waals surface area contributed by atoms with E-state index >= 15 is 0 Å². The average Bonchev–Trinajstić information content (AvgIpc) is 2.75. The Balaban J connectivity index is 1.59. The second-order valence-electron chi connectivity index (χ2n) is 8.29. The van der Waals surface area contributed by atoms with Crippen LogP contribution in [0.1, 0.15) is 30.4 Å². The monoisotopic (exact) mass is 473 g/mol. The summed E-state index contributed by atoms with van der Waals surface area (Å²) >= 11 is 1.36. The zero-order chi connectivity index (χ0) is 22.9. The summed E-state index contributed by atoms with van der Waals surface area (Å²) in [6, 6.07) is 10.6. The van der Waals surface area contributed by atoms with Crippen molar-refractivity contribution in [1.82, 2.24) is 4.31 Å². The summed E-state index contributed by atoms with van der Waals surface area (Å²) in [5.74, 6) is -0.335. The first-order chi connectivity index (χ1) is 15.2. The molecule has 1 fully saturated rings. The summed E-state index contributed by atoms with van der Waals surface area (Å²) in [5, 5.41) is 2.85. The van der Waals surface area contributed by atoms with E-state index in [-0.39, 0.29) is 29.0 Å². The lowest BCUT2D eigenvalue weighted by Crippen LogP contribution is -2.41. The van der Waals surface area contributed by atoms with Crippen LogP contribution in [0.15, 0.2) is 46.2 Å². The Hall–Kier alpha value is -2.36. The van der Waals surface area contributed by atoms with Gasteiger partial charge in [-0.25, -0.2) is 8.42 Å². The Kier molecular flexibility index (Phi) is 6.60. The van der Waals surface area contributed by atoms with E-state index in [1.807, 2.05) is 32.0 Å². The Bertz CT molecular complexity index is 1140. The molecular formula is C23H27N3O4S2. The molecule has 1 N–H and O–H groups in total. The molecule has 0 aromatic heterocycles. The van der Waals surface area contributed by atoms with E-state index in [0.717, 1.165) is 35.3 Å². The van der Waals surface area contributed by atoms with Crippen LogP contribution in [0.5, 0.6) is 0 Å². The average molecular weight is 474 g/mol. The van der Waals surface area contributed by atoms with Crippen molar-refractivity contribution in [3.05, 3.63) is 47.5 Å². The SMILES string of the molecule is Cc1cc(C)cc(NC(=O)CN2C(=O)CSc3ccc(S(=O)(=O)N4CCCCC4)cc32)c1. The highest BCUT2D eigenvalue weighted by atomic mass is 32.2. The first-order valence-electron chi connectivity index (χ1n) is 10.7. The number of aryl methyl sites for hydroxylation is 2. The highest BCUT2D eigenvalue weighted by Crippen LogP contribution is 2.37. The van der Waals surface area contributed by atoms with E-state index in [9.17, 15) is 18.0 Å². The first kappa shape index (κ1) is 22.8. The third-order valence-corrected chi connectivity index (χ3v) is 8.58. The molecule has 170 valence electrons. The van der Waals surface area contributed by atoms with Crippen LogP contribution in [-0.4, -0.2) is 49.9 Å². The molecule has 0 aliphatic carbocycles. The number of nitrogens with one attached hydrogen (secondary N) is 1. The van der Waals surface area contributed by atoms with Crippen molar-refractivity contribution in [3.8, 4) is 0 Å². The fraction of sp³-hybridized carbons (Fsp3) is 0.391. The molecule has 2 amide bonds. The minimum absolute atomic E-state index is 0.160. The fourth-order valence-corrected chi connectivity index (χ4v) is 6.61. The Morgan fingerprint density at radius 1 is 1.03 bits per heavy atom. The molecule has 9 heteroatoms. The van der Waals surface area contributed by atoms with Crippen LogP contribution in [0.4, 0.5) is 11.4 Å². The summed E-state index contributed by atoms with van der Waals surface area (Å²) in [7, 11) is -3.64.